The first kappa shape index (κ1) is 26.4. The molecule has 0 saturated carbocycles. The summed E-state index contributed by atoms with van der Waals surface area (Å²) >= 11 is 0. The van der Waals surface area contributed by atoms with Crippen LogP contribution in [0.1, 0.15) is 71.1 Å². The Labute approximate surface area is 172 Å². The molecule has 1 aliphatic rings. The Morgan fingerprint density at radius 2 is 1.14 bits per heavy atom. The third-order valence-electron chi connectivity index (χ3n) is 4.18. The number of carbonyl (C=O) groups is 1. The molecular weight excluding hydrogens is 348 g/mol. The van der Waals surface area contributed by atoms with Crippen molar-refractivity contribution in [3.8, 4) is 0 Å². The number of allylic oxidation sites excluding steroid dienone is 8. The Hall–Kier alpha value is -1.65. The summed E-state index contributed by atoms with van der Waals surface area (Å²) in [5.74, 6) is -0.712. The van der Waals surface area contributed by atoms with Crippen molar-refractivity contribution in [2.45, 2.75) is 71.1 Å². The summed E-state index contributed by atoms with van der Waals surface area (Å²) in [6, 6.07) is 0. The molecule has 0 spiro atoms. The molecule has 0 unspecified atom stereocenters. The van der Waals surface area contributed by atoms with E-state index in [9.17, 15) is 4.79 Å². The lowest BCUT2D eigenvalue weighted by Gasteiger charge is -2.11. The Kier molecular flexibility index (Phi) is 22.0. The molecule has 160 valence electrons. The number of hydrogen-bond acceptors (Lipinski definition) is 3. The molecule has 1 heterocycles. The molecule has 0 amide bonds. The van der Waals surface area contributed by atoms with Gasteiger partial charge in [0, 0.05) is 32.6 Å². The van der Waals surface area contributed by atoms with E-state index in [2.05, 4.69) is 66.2 Å². The molecule has 1 saturated heterocycles. The van der Waals surface area contributed by atoms with Crippen LogP contribution in [0.25, 0.3) is 0 Å². The maximum atomic E-state index is 10.3. The SMILES string of the molecule is C1CNCCN1.CCCCC/C=C\C/C=C\C/C=C\C/C=C\CCCC(=O)O. The largest absolute Gasteiger partial charge is 0.481 e. The standard InChI is InChI=1S/C20H32O2.C4H10N2/c1-2-3-4-5-6-7-8-9-10-11-12-13-14-15-16-17-18-19-20(21)22;1-2-6-4-3-5-1/h6-7,9-10,12-13,15-16H,2-5,8,11,14,17-19H2,1H3,(H,21,22);5-6H,1-4H2/b7-6-,10-9-,13-12-,16-15-;. The molecule has 0 aromatic carbocycles. The van der Waals surface area contributed by atoms with E-state index in [0.717, 1.165) is 58.3 Å². The van der Waals surface area contributed by atoms with Crippen LogP contribution in [0.4, 0.5) is 0 Å². The van der Waals surface area contributed by atoms with Crippen molar-refractivity contribution < 1.29 is 9.90 Å². The number of aliphatic carboxylic acids is 1. The van der Waals surface area contributed by atoms with Gasteiger partial charge in [0.25, 0.3) is 0 Å². The second kappa shape index (κ2) is 23.4. The van der Waals surface area contributed by atoms with Gasteiger partial charge in [0.2, 0.25) is 0 Å². The fourth-order valence-corrected chi connectivity index (χ4v) is 2.54. The van der Waals surface area contributed by atoms with Crippen LogP contribution in [0.3, 0.4) is 0 Å². The zero-order valence-corrected chi connectivity index (χ0v) is 17.9. The fourth-order valence-electron chi connectivity index (χ4n) is 2.54. The molecule has 1 aliphatic heterocycles. The van der Waals surface area contributed by atoms with Gasteiger partial charge in [0.05, 0.1) is 0 Å². The van der Waals surface area contributed by atoms with Crippen LogP contribution < -0.4 is 10.6 Å². The van der Waals surface area contributed by atoms with Gasteiger partial charge in [-0.1, -0.05) is 68.4 Å². The molecule has 0 aromatic heterocycles. The third kappa shape index (κ3) is 24.4. The second-order valence-corrected chi connectivity index (χ2v) is 6.87. The normalized spacial score (nSPS) is 14.9. The van der Waals surface area contributed by atoms with E-state index in [1.807, 2.05) is 0 Å². The number of unbranched alkanes of at least 4 members (excludes halogenated alkanes) is 4. The van der Waals surface area contributed by atoms with Gasteiger partial charge in [-0.15, -0.1) is 0 Å². The topological polar surface area (TPSA) is 61.4 Å². The number of piperazine rings is 1. The summed E-state index contributed by atoms with van der Waals surface area (Å²) < 4.78 is 0. The average molecular weight is 391 g/mol. The molecule has 1 rings (SSSR count). The Bertz CT molecular complexity index is 438. The molecule has 0 bridgehead atoms. The maximum Gasteiger partial charge on any atom is 0.303 e. The van der Waals surface area contributed by atoms with E-state index in [4.69, 9.17) is 5.11 Å². The molecule has 1 fully saturated rings. The second-order valence-electron chi connectivity index (χ2n) is 6.87. The first-order valence-electron chi connectivity index (χ1n) is 11.0. The van der Waals surface area contributed by atoms with Crippen LogP contribution in [0, 0.1) is 0 Å². The van der Waals surface area contributed by atoms with Gasteiger partial charge < -0.3 is 15.7 Å². The zero-order chi connectivity index (χ0) is 20.5. The highest BCUT2D eigenvalue weighted by Gasteiger charge is 1.93. The van der Waals surface area contributed by atoms with Gasteiger partial charge in [-0.3, -0.25) is 4.79 Å². The van der Waals surface area contributed by atoms with Crippen molar-refractivity contribution in [2.24, 2.45) is 0 Å². The summed E-state index contributed by atoms with van der Waals surface area (Å²) in [5.41, 5.74) is 0. The Balaban J connectivity index is 0.00000102. The Morgan fingerprint density at radius 1 is 0.714 bits per heavy atom. The maximum absolute atomic E-state index is 10.3. The van der Waals surface area contributed by atoms with Crippen molar-refractivity contribution in [1.82, 2.24) is 10.6 Å². The van der Waals surface area contributed by atoms with Crippen molar-refractivity contribution in [3.63, 3.8) is 0 Å². The number of carboxylic acid groups (broad SMARTS) is 1. The van der Waals surface area contributed by atoms with E-state index in [1.54, 1.807) is 0 Å². The van der Waals surface area contributed by atoms with Crippen LogP contribution in [0.5, 0.6) is 0 Å². The minimum Gasteiger partial charge on any atom is -0.481 e. The predicted octanol–water partition coefficient (Wildman–Crippen LogP) is 5.40. The number of nitrogens with one attached hydrogen (secondary N) is 2. The number of carboxylic acids is 1. The molecular formula is C24H42N2O2. The van der Waals surface area contributed by atoms with Crippen molar-refractivity contribution in [3.05, 3.63) is 48.6 Å². The van der Waals surface area contributed by atoms with Crippen LogP contribution in [0.2, 0.25) is 0 Å². The lowest BCUT2D eigenvalue weighted by molar-refractivity contribution is -0.137. The minimum atomic E-state index is -0.712. The fraction of sp³-hybridized carbons (Fsp3) is 0.625. The molecule has 0 aliphatic carbocycles. The molecule has 0 radical (unpaired) electrons. The van der Waals surface area contributed by atoms with E-state index in [-0.39, 0.29) is 6.42 Å². The summed E-state index contributed by atoms with van der Waals surface area (Å²) in [4.78, 5) is 10.3. The quantitative estimate of drug-likeness (QED) is 0.275. The van der Waals surface area contributed by atoms with E-state index >= 15 is 0 Å². The van der Waals surface area contributed by atoms with Gasteiger partial charge in [-0.25, -0.2) is 0 Å². The van der Waals surface area contributed by atoms with E-state index < -0.39 is 5.97 Å². The molecule has 3 N–H and O–H groups in total. The van der Waals surface area contributed by atoms with Crippen molar-refractivity contribution >= 4 is 5.97 Å². The van der Waals surface area contributed by atoms with Crippen LogP contribution in [-0.4, -0.2) is 37.3 Å². The molecule has 4 nitrogen and oxygen atoms in total. The van der Waals surface area contributed by atoms with Gasteiger partial charge in [-0.2, -0.15) is 0 Å². The summed E-state index contributed by atoms with van der Waals surface area (Å²) in [5, 5.41) is 14.9. The summed E-state index contributed by atoms with van der Waals surface area (Å²) in [6.07, 6.45) is 27.3. The summed E-state index contributed by atoms with van der Waals surface area (Å²) in [6.45, 7) is 6.79. The smallest absolute Gasteiger partial charge is 0.303 e. The van der Waals surface area contributed by atoms with Gasteiger partial charge in [0.1, 0.15) is 0 Å². The molecule has 28 heavy (non-hydrogen) atoms. The zero-order valence-electron chi connectivity index (χ0n) is 17.9. The van der Waals surface area contributed by atoms with Gasteiger partial charge in [-0.05, 0) is 44.9 Å². The third-order valence-corrected chi connectivity index (χ3v) is 4.18. The first-order chi connectivity index (χ1) is 13.8. The highest BCUT2D eigenvalue weighted by atomic mass is 16.4. The molecule has 0 atom stereocenters. The highest BCUT2D eigenvalue weighted by Crippen LogP contribution is 2.01. The van der Waals surface area contributed by atoms with Crippen LogP contribution in [-0.2, 0) is 4.79 Å². The molecule has 4 heteroatoms. The molecule has 0 aromatic rings. The number of rotatable bonds is 14. The van der Waals surface area contributed by atoms with E-state index in [1.165, 1.54) is 25.7 Å². The monoisotopic (exact) mass is 390 g/mol. The Morgan fingerprint density at radius 3 is 1.54 bits per heavy atom. The number of hydrogen-bond donors (Lipinski definition) is 3. The average Bonchev–Trinajstić information content (AvgIpc) is 2.72. The predicted molar refractivity (Wildman–Crippen MR) is 122 cm³/mol. The van der Waals surface area contributed by atoms with Crippen LogP contribution >= 0.6 is 0 Å². The van der Waals surface area contributed by atoms with E-state index in [0.29, 0.717) is 0 Å². The lowest BCUT2D eigenvalue weighted by atomic mass is 10.2. The first-order valence-corrected chi connectivity index (χ1v) is 11.0. The van der Waals surface area contributed by atoms with Crippen LogP contribution in [0.15, 0.2) is 48.6 Å². The minimum absolute atomic E-state index is 0.262. The summed E-state index contributed by atoms with van der Waals surface area (Å²) in [7, 11) is 0. The van der Waals surface area contributed by atoms with Gasteiger partial charge >= 0.3 is 5.97 Å². The van der Waals surface area contributed by atoms with Crippen molar-refractivity contribution in [2.75, 3.05) is 26.2 Å². The highest BCUT2D eigenvalue weighted by molar-refractivity contribution is 5.66. The van der Waals surface area contributed by atoms with Crippen molar-refractivity contribution in [1.29, 1.82) is 0 Å². The lowest BCUT2D eigenvalue weighted by Crippen LogP contribution is -2.39. The van der Waals surface area contributed by atoms with Gasteiger partial charge in [0.15, 0.2) is 0 Å².